The first-order chi connectivity index (χ1) is 8.82. The van der Waals surface area contributed by atoms with Gasteiger partial charge in [-0.15, -0.1) is 0 Å². The van der Waals surface area contributed by atoms with Crippen molar-refractivity contribution in [1.82, 2.24) is 5.32 Å². The summed E-state index contributed by atoms with van der Waals surface area (Å²) in [5, 5.41) is 23.4. The van der Waals surface area contributed by atoms with E-state index in [1.165, 1.54) is 6.92 Å². The molecule has 0 heterocycles. The van der Waals surface area contributed by atoms with Crippen molar-refractivity contribution in [2.24, 2.45) is 0 Å². The quantitative estimate of drug-likeness (QED) is 0.774. The van der Waals surface area contributed by atoms with Gasteiger partial charge in [0.05, 0.1) is 6.10 Å². The van der Waals surface area contributed by atoms with Crippen molar-refractivity contribution in [3.05, 3.63) is 33.8 Å². The molecular weight excluding hydrogens is 266 g/mol. The molecule has 2 unspecified atom stereocenters. The van der Waals surface area contributed by atoms with Crippen LogP contribution < -0.4 is 5.32 Å². The summed E-state index contributed by atoms with van der Waals surface area (Å²) in [6.07, 6.45) is -1.61. The number of hydrogen-bond acceptors (Lipinski definition) is 3. The zero-order chi connectivity index (χ0) is 14.6. The Balaban J connectivity index is 2.76. The number of carbonyl (C=O) groups excluding carboxylic acids is 1. The monoisotopic (exact) mass is 285 g/mol. The predicted molar refractivity (Wildman–Crippen MR) is 75.2 cm³/mol. The average molecular weight is 286 g/mol. The molecule has 0 fully saturated rings. The van der Waals surface area contributed by atoms with Gasteiger partial charge in [0.15, 0.2) is 0 Å². The van der Waals surface area contributed by atoms with E-state index in [9.17, 15) is 15.0 Å². The summed E-state index contributed by atoms with van der Waals surface area (Å²) >= 11 is 5.93. The van der Waals surface area contributed by atoms with E-state index in [2.05, 4.69) is 5.32 Å². The molecule has 106 valence electrons. The first kappa shape index (κ1) is 16.0. The average Bonchev–Trinajstić information content (AvgIpc) is 2.26. The number of aliphatic hydroxyl groups is 2. The van der Waals surface area contributed by atoms with Crippen molar-refractivity contribution < 1.29 is 15.0 Å². The number of halogens is 1. The summed E-state index contributed by atoms with van der Waals surface area (Å²) in [4.78, 5) is 10.7. The highest BCUT2D eigenvalue weighted by Crippen LogP contribution is 2.28. The second-order valence-corrected chi connectivity index (χ2v) is 5.17. The maximum absolute atomic E-state index is 10.7. The largest absolute Gasteiger partial charge is 0.390 e. The van der Waals surface area contributed by atoms with E-state index in [1.807, 2.05) is 13.8 Å². The van der Waals surface area contributed by atoms with Crippen LogP contribution in [-0.2, 0) is 4.79 Å². The minimum atomic E-state index is -0.981. The summed E-state index contributed by atoms with van der Waals surface area (Å²) in [5.41, 5.74) is 2.38. The maximum atomic E-state index is 10.7. The number of nitrogens with one attached hydrogen (secondary N) is 1. The number of aryl methyl sites for hydroxylation is 2. The summed E-state index contributed by atoms with van der Waals surface area (Å²) in [7, 11) is 0. The molecule has 19 heavy (non-hydrogen) atoms. The van der Waals surface area contributed by atoms with Crippen molar-refractivity contribution >= 4 is 17.5 Å². The highest BCUT2D eigenvalue weighted by Gasteiger charge is 2.21. The van der Waals surface area contributed by atoms with Crippen molar-refractivity contribution in [1.29, 1.82) is 0 Å². The second-order valence-electron chi connectivity index (χ2n) is 4.74. The molecule has 0 aliphatic heterocycles. The molecule has 0 aromatic heterocycles. The summed E-state index contributed by atoms with van der Waals surface area (Å²) in [5.74, 6) is -0.152. The van der Waals surface area contributed by atoms with E-state index >= 15 is 0 Å². The lowest BCUT2D eigenvalue weighted by Crippen LogP contribution is -2.28. The van der Waals surface area contributed by atoms with Crippen molar-refractivity contribution in [2.45, 2.75) is 39.4 Å². The van der Waals surface area contributed by atoms with Crippen molar-refractivity contribution in [3.63, 3.8) is 0 Å². The number of amides is 1. The van der Waals surface area contributed by atoms with Crippen LogP contribution in [0.25, 0.3) is 0 Å². The lowest BCUT2D eigenvalue weighted by atomic mass is 9.93. The molecule has 0 bridgehead atoms. The van der Waals surface area contributed by atoms with Crippen LogP contribution in [0.3, 0.4) is 0 Å². The highest BCUT2D eigenvalue weighted by molar-refractivity contribution is 6.30. The molecule has 1 rings (SSSR count). The SMILES string of the molecule is CC(=O)NCCC(O)C(O)c1c(C)cc(Cl)cc1C. The molecule has 5 heteroatoms. The standard InChI is InChI=1S/C14H20ClNO3/c1-8-6-11(15)7-9(2)13(8)14(19)12(18)4-5-16-10(3)17/h6-7,12,14,18-19H,4-5H2,1-3H3,(H,16,17). The Morgan fingerprint density at radius 1 is 1.32 bits per heavy atom. The molecule has 0 spiro atoms. The smallest absolute Gasteiger partial charge is 0.216 e. The van der Waals surface area contributed by atoms with Crippen molar-refractivity contribution in [3.8, 4) is 0 Å². The van der Waals surface area contributed by atoms with E-state index in [0.29, 0.717) is 23.6 Å². The minimum absolute atomic E-state index is 0.152. The van der Waals surface area contributed by atoms with Gasteiger partial charge in [0.2, 0.25) is 5.91 Å². The number of benzene rings is 1. The summed E-state index contributed by atoms with van der Waals surface area (Å²) in [6, 6.07) is 3.52. The van der Waals surface area contributed by atoms with Crippen LogP contribution >= 0.6 is 11.6 Å². The summed E-state index contributed by atoms with van der Waals surface area (Å²) < 4.78 is 0. The fraction of sp³-hybridized carbons (Fsp3) is 0.500. The van der Waals surface area contributed by atoms with Gasteiger partial charge in [-0.25, -0.2) is 0 Å². The Bertz CT molecular complexity index is 439. The Morgan fingerprint density at radius 2 is 1.84 bits per heavy atom. The van der Waals surface area contributed by atoms with Crippen LogP contribution in [0.5, 0.6) is 0 Å². The van der Waals surface area contributed by atoms with Gasteiger partial charge in [-0.1, -0.05) is 11.6 Å². The van der Waals surface area contributed by atoms with Crippen LogP contribution in [0.1, 0.15) is 36.1 Å². The third-order valence-electron chi connectivity index (χ3n) is 3.03. The molecule has 1 aromatic rings. The van der Waals surface area contributed by atoms with E-state index in [1.54, 1.807) is 12.1 Å². The summed E-state index contributed by atoms with van der Waals surface area (Å²) in [6.45, 7) is 5.44. The molecule has 0 aliphatic carbocycles. The van der Waals surface area contributed by atoms with E-state index < -0.39 is 12.2 Å². The van der Waals surface area contributed by atoms with Crippen LogP contribution in [0.15, 0.2) is 12.1 Å². The number of aliphatic hydroxyl groups excluding tert-OH is 2. The minimum Gasteiger partial charge on any atom is -0.390 e. The topological polar surface area (TPSA) is 69.6 Å². The maximum Gasteiger partial charge on any atom is 0.216 e. The van der Waals surface area contributed by atoms with Gasteiger partial charge in [-0.2, -0.15) is 0 Å². The van der Waals surface area contributed by atoms with E-state index in [-0.39, 0.29) is 5.91 Å². The van der Waals surface area contributed by atoms with E-state index in [4.69, 9.17) is 11.6 Å². The molecule has 0 saturated heterocycles. The van der Waals surface area contributed by atoms with Crippen LogP contribution in [0, 0.1) is 13.8 Å². The Hall–Kier alpha value is -1.10. The van der Waals surface area contributed by atoms with Gasteiger partial charge in [0, 0.05) is 18.5 Å². The molecular formula is C14H20ClNO3. The molecule has 1 amide bonds. The molecule has 4 nitrogen and oxygen atoms in total. The normalized spacial score (nSPS) is 14.0. The fourth-order valence-electron chi connectivity index (χ4n) is 2.13. The van der Waals surface area contributed by atoms with Crippen molar-refractivity contribution in [2.75, 3.05) is 6.54 Å². The molecule has 2 atom stereocenters. The van der Waals surface area contributed by atoms with Crippen LogP contribution in [0.4, 0.5) is 0 Å². The molecule has 0 saturated carbocycles. The second kappa shape index (κ2) is 6.89. The van der Waals surface area contributed by atoms with Gasteiger partial charge < -0.3 is 15.5 Å². The van der Waals surface area contributed by atoms with Crippen LogP contribution in [-0.4, -0.2) is 28.8 Å². The van der Waals surface area contributed by atoms with Gasteiger partial charge in [0.25, 0.3) is 0 Å². The Morgan fingerprint density at radius 3 is 2.32 bits per heavy atom. The lowest BCUT2D eigenvalue weighted by Gasteiger charge is -2.22. The lowest BCUT2D eigenvalue weighted by molar-refractivity contribution is -0.119. The zero-order valence-electron chi connectivity index (χ0n) is 11.4. The number of carbonyl (C=O) groups is 1. The van der Waals surface area contributed by atoms with Gasteiger partial charge >= 0.3 is 0 Å². The Kier molecular flexibility index (Phi) is 5.79. The molecule has 1 aromatic carbocycles. The van der Waals surface area contributed by atoms with Gasteiger partial charge in [0.1, 0.15) is 6.10 Å². The van der Waals surface area contributed by atoms with Gasteiger partial charge in [-0.05, 0) is 49.1 Å². The zero-order valence-corrected chi connectivity index (χ0v) is 12.2. The first-order valence-corrected chi connectivity index (χ1v) is 6.58. The fourth-order valence-corrected chi connectivity index (χ4v) is 2.46. The molecule has 3 N–H and O–H groups in total. The third-order valence-corrected chi connectivity index (χ3v) is 3.25. The predicted octanol–water partition coefficient (Wildman–Crippen LogP) is 1.88. The number of hydrogen-bond donors (Lipinski definition) is 3. The highest BCUT2D eigenvalue weighted by atomic mass is 35.5. The Labute approximate surface area is 118 Å². The molecule has 0 radical (unpaired) electrons. The third kappa shape index (κ3) is 4.49. The van der Waals surface area contributed by atoms with Crippen LogP contribution in [0.2, 0.25) is 5.02 Å². The number of rotatable bonds is 5. The molecule has 0 aliphatic rings. The first-order valence-electron chi connectivity index (χ1n) is 6.20. The van der Waals surface area contributed by atoms with E-state index in [0.717, 1.165) is 11.1 Å². The van der Waals surface area contributed by atoms with Gasteiger partial charge in [-0.3, -0.25) is 4.79 Å².